The van der Waals surface area contributed by atoms with Gasteiger partial charge in [0.15, 0.2) is 0 Å². The third kappa shape index (κ3) is 7.32. The number of rotatable bonds is 6. The maximum Gasteiger partial charge on any atom is 0.220 e. The summed E-state index contributed by atoms with van der Waals surface area (Å²) in [7, 11) is 0. The lowest BCUT2D eigenvalue weighted by Gasteiger charge is -2.49. The fourth-order valence-electron chi connectivity index (χ4n) is 7.70. The summed E-state index contributed by atoms with van der Waals surface area (Å²) >= 11 is 7.16. The number of halogens is 2. The van der Waals surface area contributed by atoms with Crippen LogP contribution in [0.3, 0.4) is 0 Å². The van der Waals surface area contributed by atoms with Gasteiger partial charge in [-0.05, 0) is 98.6 Å². The number of carbonyl (C=O) groups excluding carboxylic acids is 2. The lowest BCUT2D eigenvalue weighted by Crippen LogP contribution is -2.62. The van der Waals surface area contributed by atoms with Gasteiger partial charge in [-0.25, -0.2) is 0 Å². The highest BCUT2D eigenvalue weighted by Crippen LogP contribution is 2.45. The Labute approximate surface area is 280 Å². The van der Waals surface area contributed by atoms with Crippen molar-refractivity contribution >= 4 is 55.0 Å². The van der Waals surface area contributed by atoms with Crippen molar-refractivity contribution < 1.29 is 9.59 Å². The Morgan fingerprint density at radius 1 is 0.636 bits per heavy atom. The Morgan fingerprint density at radius 3 is 1.36 bits per heavy atom. The van der Waals surface area contributed by atoms with Gasteiger partial charge in [-0.3, -0.25) is 9.59 Å². The van der Waals surface area contributed by atoms with Crippen LogP contribution in [-0.4, -0.2) is 72.0 Å². The molecule has 6 nitrogen and oxygen atoms in total. The second-order valence-electron chi connectivity index (χ2n) is 14.1. The van der Waals surface area contributed by atoms with E-state index in [0.717, 1.165) is 47.0 Å². The van der Waals surface area contributed by atoms with E-state index in [4.69, 9.17) is 0 Å². The molecule has 2 saturated heterocycles. The van der Waals surface area contributed by atoms with Crippen LogP contribution >= 0.6 is 31.9 Å². The number of hydrogen-bond donors (Lipinski definition) is 0. The molecule has 2 aromatic rings. The zero-order valence-corrected chi connectivity index (χ0v) is 29.8. The highest BCUT2D eigenvalue weighted by Gasteiger charge is 2.48. The molecule has 2 heterocycles. The fourth-order valence-corrected chi connectivity index (χ4v) is 8.48. The Morgan fingerprint density at radius 2 is 1.02 bits per heavy atom. The van der Waals surface area contributed by atoms with E-state index in [1.807, 2.05) is 0 Å². The molecule has 5 fully saturated rings. The zero-order chi connectivity index (χ0) is 31.1. The molecule has 4 atom stereocenters. The molecule has 2 amide bonds. The van der Waals surface area contributed by atoms with Gasteiger partial charge in [-0.2, -0.15) is 0 Å². The van der Waals surface area contributed by atoms with Crippen molar-refractivity contribution in [3.63, 3.8) is 0 Å². The van der Waals surface area contributed by atoms with Gasteiger partial charge in [-0.15, -0.1) is 0 Å². The van der Waals surface area contributed by atoms with E-state index >= 15 is 0 Å². The van der Waals surface area contributed by atoms with E-state index < -0.39 is 0 Å². The van der Waals surface area contributed by atoms with E-state index in [9.17, 15) is 9.59 Å². The SMILES string of the molecule is CC(=O)N1C(C(C)C)CN(c2cccc(Br)c2)CC1C1CC1.CC(=O)N1C(C2CC2)CN(c2cccc(Br)c2)CC1C1CC1. The first-order valence-electron chi connectivity index (χ1n) is 16.7. The predicted octanol–water partition coefficient (Wildman–Crippen LogP) is 7.60. The van der Waals surface area contributed by atoms with Crippen molar-refractivity contribution in [3.05, 3.63) is 57.5 Å². The smallest absolute Gasteiger partial charge is 0.220 e. The summed E-state index contributed by atoms with van der Waals surface area (Å²) in [6, 6.07) is 18.6. The zero-order valence-electron chi connectivity index (χ0n) is 26.7. The van der Waals surface area contributed by atoms with Gasteiger partial charge in [0.2, 0.25) is 11.8 Å². The minimum absolute atomic E-state index is 0.240. The summed E-state index contributed by atoms with van der Waals surface area (Å²) in [4.78, 5) is 34.0. The average Bonchev–Trinajstić information content (AvgIpc) is 3.83. The molecule has 3 aliphatic carbocycles. The van der Waals surface area contributed by atoms with Crippen LogP contribution in [0.1, 0.15) is 66.2 Å². The van der Waals surface area contributed by atoms with Crippen LogP contribution in [-0.2, 0) is 9.59 Å². The van der Waals surface area contributed by atoms with Crippen LogP contribution in [0, 0.1) is 23.7 Å². The number of anilines is 2. The number of hydrogen-bond acceptors (Lipinski definition) is 4. The molecule has 0 aromatic heterocycles. The summed E-state index contributed by atoms with van der Waals surface area (Å²) in [5, 5.41) is 0. The van der Waals surface area contributed by atoms with E-state index in [1.54, 1.807) is 13.8 Å². The minimum Gasteiger partial charge on any atom is -0.367 e. The summed E-state index contributed by atoms with van der Waals surface area (Å²) in [6.07, 6.45) is 7.70. The van der Waals surface area contributed by atoms with Crippen molar-refractivity contribution in [1.29, 1.82) is 0 Å². The summed E-state index contributed by atoms with van der Waals surface area (Å²) < 4.78 is 2.24. The van der Waals surface area contributed by atoms with Crippen LogP contribution in [0.4, 0.5) is 11.4 Å². The van der Waals surface area contributed by atoms with Gasteiger partial charge in [0, 0.05) is 60.3 Å². The Bertz CT molecular complexity index is 1210. The van der Waals surface area contributed by atoms with Crippen LogP contribution in [0.25, 0.3) is 0 Å². The van der Waals surface area contributed by atoms with Gasteiger partial charge in [0.25, 0.3) is 0 Å². The molecule has 238 valence electrons. The second kappa shape index (κ2) is 13.4. The molecular weight excluding hydrogens is 680 g/mol. The van der Waals surface area contributed by atoms with Gasteiger partial charge < -0.3 is 19.6 Å². The molecule has 4 unspecified atom stereocenters. The first kappa shape index (κ1) is 31.9. The topological polar surface area (TPSA) is 47.1 Å². The van der Waals surface area contributed by atoms with E-state index in [1.165, 1.54) is 49.9 Å². The molecular formula is C36H48Br2N4O2. The molecule has 0 N–H and O–H groups in total. The van der Waals surface area contributed by atoms with Gasteiger partial charge in [0.05, 0.1) is 24.2 Å². The summed E-state index contributed by atoms with van der Waals surface area (Å²) in [6.45, 7) is 11.8. The highest BCUT2D eigenvalue weighted by atomic mass is 79.9. The molecule has 0 bridgehead atoms. The Balaban J connectivity index is 0.000000156. The second-order valence-corrected chi connectivity index (χ2v) is 16.0. The van der Waals surface area contributed by atoms with Crippen LogP contribution in [0.2, 0.25) is 0 Å². The maximum atomic E-state index is 12.3. The lowest BCUT2D eigenvalue weighted by atomic mass is 9.93. The number of benzene rings is 2. The number of amides is 2. The van der Waals surface area contributed by atoms with Crippen molar-refractivity contribution in [2.24, 2.45) is 23.7 Å². The third-order valence-corrected chi connectivity index (χ3v) is 11.4. The van der Waals surface area contributed by atoms with E-state index in [-0.39, 0.29) is 11.8 Å². The molecule has 2 aliphatic heterocycles. The Hall–Kier alpha value is -2.06. The standard InChI is InChI=1S/C18H23BrN2O.C18H25BrN2O/c1-12(22)21-17(13-5-6-13)10-20(11-18(21)14-7-8-14)16-4-2-3-15(19)9-16;1-12(2)17-10-20(16-6-4-5-15(19)9-16)11-18(14-7-8-14)21(17)13(3)22/h2-4,9,13-14,17-18H,5-8,10-11H2,1H3;4-6,9,12,14,17-18H,7-8,10-11H2,1-3H3. The molecule has 44 heavy (non-hydrogen) atoms. The van der Waals surface area contributed by atoms with Crippen LogP contribution in [0.5, 0.6) is 0 Å². The molecule has 3 saturated carbocycles. The number of nitrogens with zero attached hydrogens (tertiary/aromatic N) is 4. The first-order chi connectivity index (χ1) is 21.1. The molecule has 8 heteroatoms. The summed E-state index contributed by atoms with van der Waals surface area (Å²) in [5.74, 6) is 3.13. The van der Waals surface area contributed by atoms with Crippen molar-refractivity contribution in [2.75, 3.05) is 36.0 Å². The third-order valence-electron chi connectivity index (χ3n) is 10.4. The Kier molecular flexibility index (Phi) is 9.68. The van der Waals surface area contributed by atoms with Crippen LogP contribution < -0.4 is 9.80 Å². The monoisotopic (exact) mass is 726 g/mol. The van der Waals surface area contributed by atoms with Gasteiger partial charge in [0.1, 0.15) is 0 Å². The fraction of sp³-hybridized carbons (Fsp3) is 0.611. The van der Waals surface area contributed by atoms with Crippen molar-refractivity contribution in [1.82, 2.24) is 9.80 Å². The predicted molar refractivity (Wildman–Crippen MR) is 186 cm³/mol. The quantitative estimate of drug-likeness (QED) is 0.308. The summed E-state index contributed by atoms with van der Waals surface area (Å²) in [5.41, 5.74) is 2.54. The maximum absolute atomic E-state index is 12.3. The highest BCUT2D eigenvalue weighted by molar-refractivity contribution is 9.10. The number of piperazine rings is 2. The lowest BCUT2D eigenvalue weighted by molar-refractivity contribution is -0.137. The molecule has 0 radical (unpaired) electrons. The van der Waals surface area contributed by atoms with Crippen molar-refractivity contribution in [3.8, 4) is 0 Å². The molecule has 7 rings (SSSR count). The van der Waals surface area contributed by atoms with E-state index in [2.05, 4.69) is 114 Å². The number of carbonyl (C=O) groups is 2. The molecule has 5 aliphatic rings. The largest absolute Gasteiger partial charge is 0.367 e. The average molecular weight is 729 g/mol. The van der Waals surface area contributed by atoms with E-state index in [0.29, 0.717) is 36.0 Å². The van der Waals surface area contributed by atoms with Crippen molar-refractivity contribution in [2.45, 2.75) is 90.4 Å². The van der Waals surface area contributed by atoms with Gasteiger partial charge in [-0.1, -0.05) is 57.8 Å². The van der Waals surface area contributed by atoms with Gasteiger partial charge >= 0.3 is 0 Å². The first-order valence-corrected chi connectivity index (χ1v) is 18.3. The normalized spacial score (nSPS) is 27.2. The molecule has 0 spiro atoms. The molecule has 2 aromatic carbocycles. The minimum atomic E-state index is 0.240. The van der Waals surface area contributed by atoms with Crippen LogP contribution in [0.15, 0.2) is 57.5 Å².